The maximum atomic E-state index is 11.5. The molecule has 0 aliphatic rings. The molecule has 0 unspecified atom stereocenters. The molecule has 0 aliphatic carbocycles. The van der Waals surface area contributed by atoms with Gasteiger partial charge in [-0.2, -0.15) is 4.98 Å². The van der Waals surface area contributed by atoms with Gasteiger partial charge in [0.25, 0.3) is 0 Å². The minimum Gasteiger partial charge on any atom is -0.396 e. The van der Waals surface area contributed by atoms with Crippen molar-refractivity contribution in [1.29, 1.82) is 0 Å². The minimum absolute atomic E-state index is 0.172. The zero-order valence-corrected chi connectivity index (χ0v) is 7.79. The van der Waals surface area contributed by atoms with E-state index in [1.54, 1.807) is 18.3 Å². The van der Waals surface area contributed by atoms with Gasteiger partial charge >= 0.3 is 5.69 Å². The first-order chi connectivity index (χ1) is 7.18. The topological polar surface area (TPSA) is 99.8 Å². The first-order valence-electron chi connectivity index (χ1n) is 4.24. The predicted molar refractivity (Wildman–Crippen MR) is 56.5 cm³/mol. The first-order valence-corrected chi connectivity index (χ1v) is 4.24. The fourth-order valence-corrected chi connectivity index (χ4v) is 1.19. The number of nitrogen functional groups attached to an aromatic ring is 2. The second-order valence-corrected chi connectivity index (χ2v) is 2.92. The van der Waals surface area contributed by atoms with Crippen LogP contribution in [0.5, 0.6) is 0 Å². The molecular weight excluding hydrogens is 194 g/mol. The van der Waals surface area contributed by atoms with Crippen LogP contribution >= 0.6 is 0 Å². The summed E-state index contributed by atoms with van der Waals surface area (Å²) in [6.45, 7) is 0. The number of aromatic nitrogens is 3. The van der Waals surface area contributed by atoms with Crippen LogP contribution in [-0.2, 0) is 0 Å². The van der Waals surface area contributed by atoms with Gasteiger partial charge in [-0.3, -0.25) is 0 Å². The third kappa shape index (κ3) is 1.64. The van der Waals surface area contributed by atoms with Gasteiger partial charge in [0.2, 0.25) is 0 Å². The zero-order chi connectivity index (χ0) is 10.8. The summed E-state index contributed by atoms with van der Waals surface area (Å²) in [6.07, 6.45) is 3.04. The van der Waals surface area contributed by atoms with Gasteiger partial charge in [-0.15, -0.1) is 0 Å². The molecule has 0 fully saturated rings. The molecule has 76 valence electrons. The van der Waals surface area contributed by atoms with E-state index in [0.717, 1.165) is 0 Å². The van der Waals surface area contributed by atoms with E-state index in [1.165, 1.54) is 16.8 Å². The van der Waals surface area contributed by atoms with E-state index in [-0.39, 0.29) is 5.82 Å². The monoisotopic (exact) mass is 203 g/mol. The van der Waals surface area contributed by atoms with Gasteiger partial charge in [0.05, 0.1) is 5.69 Å². The predicted octanol–water partition coefficient (Wildman–Crippen LogP) is -0.208. The van der Waals surface area contributed by atoms with E-state index in [9.17, 15) is 4.79 Å². The van der Waals surface area contributed by atoms with E-state index in [1.807, 2.05) is 0 Å². The molecule has 2 aromatic rings. The molecule has 0 radical (unpaired) electrons. The van der Waals surface area contributed by atoms with Crippen molar-refractivity contribution in [1.82, 2.24) is 14.5 Å². The average molecular weight is 203 g/mol. The smallest absolute Gasteiger partial charge is 0.355 e. The molecule has 6 heteroatoms. The van der Waals surface area contributed by atoms with Crippen molar-refractivity contribution >= 4 is 11.5 Å². The molecular formula is C9H9N5O. The minimum atomic E-state index is -0.500. The standard InChI is InChI=1S/C9H9N5O/c10-6-2-1-4-12-8(6)14-5-3-7(11)13-9(14)15/h1-5H,10H2,(H2,11,13,15). The highest BCUT2D eigenvalue weighted by Gasteiger charge is 2.04. The van der Waals surface area contributed by atoms with Crippen LogP contribution in [0.25, 0.3) is 5.82 Å². The van der Waals surface area contributed by atoms with Gasteiger partial charge in [0, 0.05) is 12.4 Å². The van der Waals surface area contributed by atoms with Crippen LogP contribution in [0.4, 0.5) is 11.5 Å². The van der Waals surface area contributed by atoms with Gasteiger partial charge in [-0.1, -0.05) is 0 Å². The quantitative estimate of drug-likeness (QED) is 0.668. The molecule has 15 heavy (non-hydrogen) atoms. The largest absolute Gasteiger partial charge is 0.396 e. The molecule has 0 bridgehead atoms. The first kappa shape index (κ1) is 9.20. The highest BCUT2D eigenvalue weighted by Crippen LogP contribution is 2.10. The zero-order valence-electron chi connectivity index (χ0n) is 7.79. The van der Waals surface area contributed by atoms with Gasteiger partial charge in [0.15, 0.2) is 5.82 Å². The van der Waals surface area contributed by atoms with Gasteiger partial charge in [-0.25, -0.2) is 14.3 Å². The highest BCUT2D eigenvalue weighted by molar-refractivity contribution is 5.52. The van der Waals surface area contributed by atoms with Crippen molar-refractivity contribution in [2.45, 2.75) is 0 Å². The van der Waals surface area contributed by atoms with E-state index in [0.29, 0.717) is 11.5 Å². The number of hydrogen-bond donors (Lipinski definition) is 2. The Morgan fingerprint density at radius 1 is 1.27 bits per heavy atom. The normalized spacial score (nSPS) is 10.1. The second-order valence-electron chi connectivity index (χ2n) is 2.92. The van der Waals surface area contributed by atoms with E-state index >= 15 is 0 Å². The van der Waals surface area contributed by atoms with Gasteiger partial charge < -0.3 is 11.5 Å². The Bertz CT molecular complexity index is 548. The fraction of sp³-hybridized carbons (Fsp3) is 0. The average Bonchev–Trinajstić information content (AvgIpc) is 2.20. The van der Waals surface area contributed by atoms with E-state index in [4.69, 9.17) is 11.5 Å². The summed E-state index contributed by atoms with van der Waals surface area (Å²) in [4.78, 5) is 19.0. The van der Waals surface area contributed by atoms with Gasteiger partial charge in [0.1, 0.15) is 5.82 Å². The van der Waals surface area contributed by atoms with Gasteiger partial charge in [-0.05, 0) is 18.2 Å². The molecule has 4 N–H and O–H groups in total. The van der Waals surface area contributed by atoms with Crippen LogP contribution in [0.2, 0.25) is 0 Å². The summed E-state index contributed by atoms with van der Waals surface area (Å²) in [5, 5.41) is 0. The van der Waals surface area contributed by atoms with Crippen LogP contribution in [0.3, 0.4) is 0 Å². The molecule has 2 heterocycles. The number of rotatable bonds is 1. The summed E-state index contributed by atoms with van der Waals surface area (Å²) >= 11 is 0. The third-order valence-corrected chi connectivity index (χ3v) is 1.87. The van der Waals surface area contributed by atoms with Crippen LogP contribution in [0, 0.1) is 0 Å². The SMILES string of the molecule is Nc1ccn(-c2ncccc2N)c(=O)n1. The number of anilines is 2. The van der Waals surface area contributed by atoms with E-state index in [2.05, 4.69) is 9.97 Å². The van der Waals surface area contributed by atoms with Crippen molar-refractivity contribution in [3.63, 3.8) is 0 Å². The summed E-state index contributed by atoms with van der Waals surface area (Å²) in [5.41, 5.74) is 11.0. The molecule has 6 nitrogen and oxygen atoms in total. The Morgan fingerprint density at radius 3 is 2.73 bits per heavy atom. The summed E-state index contributed by atoms with van der Waals surface area (Å²) in [7, 11) is 0. The number of nitrogens with zero attached hydrogens (tertiary/aromatic N) is 3. The Labute approximate surface area is 85.2 Å². The highest BCUT2D eigenvalue weighted by atomic mass is 16.1. The van der Waals surface area contributed by atoms with Crippen molar-refractivity contribution in [3.05, 3.63) is 41.1 Å². The lowest BCUT2D eigenvalue weighted by Gasteiger charge is -2.05. The maximum absolute atomic E-state index is 11.5. The van der Waals surface area contributed by atoms with Crippen LogP contribution < -0.4 is 17.2 Å². The second kappa shape index (κ2) is 3.41. The summed E-state index contributed by atoms with van der Waals surface area (Å²) in [5.74, 6) is 0.528. The lowest BCUT2D eigenvalue weighted by atomic mass is 10.4. The molecule has 0 aliphatic heterocycles. The number of pyridine rings is 1. The Balaban J connectivity index is 2.65. The molecule has 0 spiro atoms. The lowest BCUT2D eigenvalue weighted by molar-refractivity contribution is 0.889. The van der Waals surface area contributed by atoms with Crippen LogP contribution in [0.15, 0.2) is 35.4 Å². The molecule has 2 aromatic heterocycles. The molecule has 0 atom stereocenters. The number of nitrogens with two attached hydrogens (primary N) is 2. The van der Waals surface area contributed by atoms with Crippen LogP contribution in [0.1, 0.15) is 0 Å². The van der Waals surface area contributed by atoms with E-state index < -0.39 is 5.69 Å². The van der Waals surface area contributed by atoms with Crippen molar-refractivity contribution in [2.75, 3.05) is 11.5 Å². The molecule has 0 saturated carbocycles. The number of hydrogen-bond acceptors (Lipinski definition) is 5. The van der Waals surface area contributed by atoms with Crippen LogP contribution in [-0.4, -0.2) is 14.5 Å². The van der Waals surface area contributed by atoms with Crippen molar-refractivity contribution in [2.24, 2.45) is 0 Å². The fourth-order valence-electron chi connectivity index (χ4n) is 1.19. The summed E-state index contributed by atoms with van der Waals surface area (Å²) < 4.78 is 1.24. The molecule has 0 aromatic carbocycles. The Morgan fingerprint density at radius 2 is 2.07 bits per heavy atom. The van der Waals surface area contributed by atoms with Crippen molar-refractivity contribution < 1.29 is 0 Å². The molecule has 0 saturated heterocycles. The lowest BCUT2D eigenvalue weighted by Crippen LogP contribution is -2.23. The molecule has 0 amide bonds. The molecule has 2 rings (SSSR count). The van der Waals surface area contributed by atoms with Crippen molar-refractivity contribution in [3.8, 4) is 5.82 Å². The third-order valence-electron chi connectivity index (χ3n) is 1.87. The Hall–Kier alpha value is -2.37. The Kier molecular flexibility index (Phi) is 2.09. The maximum Gasteiger partial charge on any atom is 0.355 e. The summed E-state index contributed by atoms with van der Waals surface area (Å²) in [6, 6.07) is 4.86.